The predicted octanol–water partition coefficient (Wildman–Crippen LogP) is 3.49. The minimum absolute atomic E-state index is 0.0310. The van der Waals surface area contributed by atoms with Crippen LogP contribution in [0.1, 0.15) is 53.7 Å². The molecule has 7 heteroatoms. The van der Waals surface area contributed by atoms with Crippen molar-refractivity contribution in [3.05, 3.63) is 59.8 Å². The second kappa shape index (κ2) is 9.28. The molecule has 7 nitrogen and oxygen atoms in total. The van der Waals surface area contributed by atoms with E-state index in [1.807, 2.05) is 25.5 Å². The molecule has 3 aromatic rings. The van der Waals surface area contributed by atoms with Gasteiger partial charge in [-0.05, 0) is 55.8 Å². The Morgan fingerprint density at radius 2 is 2.00 bits per heavy atom. The first kappa shape index (κ1) is 20.9. The molecule has 0 radical (unpaired) electrons. The molecule has 1 N–H and O–H groups in total. The minimum atomic E-state index is -0.0310. The number of imidazole rings is 1. The highest BCUT2D eigenvalue weighted by Crippen LogP contribution is 2.25. The molecule has 2 fully saturated rings. The molecule has 0 aromatic carbocycles. The number of nitrogens with zero attached hydrogens (tertiary/aromatic N) is 5. The number of hydrogen-bond acceptors (Lipinski definition) is 5. The molecule has 0 unspecified atom stereocenters. The first-order chi connectivity index (χ1) is 15.7. The van der Waals surface area contributed by atoms with Gasteiger partial charge < -0.3 is 19.5 Å². The van der Waals surface area contributed by atoms with E-state index in [-0.39, 0.29) is 5.91 Å². The average Bonchev–Trinajstić information content (AvgIpc) is 3.44. The first-order valence-corrected chi connectivity index (χ1v) is 11.8. The fourth-order valence-electron chi connectivity index (χ4n) is 4.62. The van der Waals surface area contributed by atoms with E-state index in [4.69, 9.17) is 4.98 Å². The van der Waals surface area contributed by atoms with Gasteiger partial charge in [0.2, 0.25) is 0 Å². The maximum Gasteiger partial charge on any atom is 0.255 e. The molecular weight excluding hydrogens is 400 g/mol. The van der Waals surface area contributed by atoms with Gasteiger partial charge in [-0.2, -0.15) is 0 Å². The number of anilines is 1. The third-order valence-electron chi connectivity index (χ3n) is 6.74. The second-order valence-electron chi connectivity index (χ2n) is 9.25. The summed E-state index contributed by atoms with van der Waals surface area (Å²) in [6.07, 6.45) is 14.2. The van der Waals surface area contributed by atoms with Gasteiger partial charge >= 0.3 is 0 Å². The lowest BCUT2D eigenvalue weighted by atomic mass is 9.85. The van der Waals surface area contributed by atoms with Gasteiger partial charge in [-0.1, -0.05) is 12.5 Å². The number of fused-ring (bicyclic) bond motifs is 1. The number of pyridine rings is 2. The normalized spacial score (nSPS) is 16.5. The molecule has 5 rings (SSSR count). The topological polar surface area (TPSA) is 65.8 Å². The molecule has 1 aliphatic heterocycles. The van der Waals surface area contributed by atoms with Crippen LogP contribution in [-0.4, -0.2) is 51.9 Å². The summed E-state index contributed by atoms with van der Waals surface area (Å²) in [5, 5.41) is 3.57. The summed E-state index contributed by atoms with van der Waals surface area (Å²) in [5.41, 5.74) is 4.69. The minimum Gasteiger partial charge on any atom is -0.370 e. The average molecular weight is 433 g/mol. The van der Waals surface area contributed by atoms with Crippen molar-refractivity contribution in [2.75, 3.05) is 31.6 Å². The Kier molecular flexibility index (Phi) is 6.08. The van der Waals surface area contributed by atoms with E-state index >= 15 is 0 Å². The first-order valence-electron chi connectivity index (χ1n) is 11.8. The number of hydrogen-bond donors (Lipinski definition) is 1. The molecule has 4 heterocycles. The second-order valence-corrected chi connectivity index (χ2v) is 9.25. The molecule has 0 atom stereocenters. The third-order valence-corrected chi connectivity index (χ3v) is 6.74. The zero-order valence-corrected chi connectivity index (χ0v) is 18.8. The Labute approximate surface area is 189 Å². The van der Waals surface area contributed by atoms with Crippen LogP contribution in [0, 0.1) is 5.92 Å². The molecule has 1 aliphatic carbocycles. The summed E-state index contributed by atoms with van der Waals surface area (Å²) in [6.45, 7) is 4.51. The maximum atomic E-state index is 13.0. The van der Waals surface area contributed by atoms with E-state index in [1.54, 1.807) is 11.1 Å². The lowest BCUT2D eigenvalue weighted by molar-refractivity contribution is 0.0783. The summed E-state index contributed by atoms with van der Waals surface area (Å²) in [7, 11) is 1.82. The highest BCUT2D eigenvalue weighted by Gasteiger charge is 2.18. The van der Waals surface area contributed by atoms with Crippen LogP contribution in [0.3, 0.4) is 0 Å². The molecule has 3 aromatic heterocycles. The predicted molar refractivity (Wildman–Crippen MR) is 126 cm³/mol. The molecule has 0 bridgehead atoms. The highest BCUT2D eigenvalue weighted by molar-refractivity contribution is 5.94. The Morgan fingerprint density at radius 1 is 1.16 bits per heavy atom. The van der Waals surface area contributed by atoms with Gasteiger partial charge in [-0.15, -0.1) is 0 Å². The Bertz CT molecular complexity index is 1080. The van der Waals surface area contributed by atoms with Crippen LogP contribution in [0.15, 0.2) is 43.0 Å². The Morgan fingerprint density at radius 3 is 2.78 bits per heavy atom. The number of amides is 1. The van der Waals surface area contributed by atoms with Crippen LogP contribution in [-0.2, 0) is 13.1 Å². The molecule has 2 aliphatic rings. The van der Waals surface area contributed by atoms with Crippen LogP contribution in [0.4, 0.5) is 5.69 Å². The van der Waals surface area contributed by atoms with Gasteiger partial charge in [-0.25, -0.2) is 4.98 Å². The van der Waals surface area contributed by atoms with Crippen LogP contribution >= 0.6 is 0 Å². The zero-order chi connectivity index (χ0) is 21.9. The van der Waals surface area contributed by atoms with Crippen LogP contribution in [0.5, 0.6) is 0 Å². The molecule has 168 valence electrons. The monoisotopic (exact) mass is 432 g/mol. The van der Waals surface area contributed by atoms with Crippen molar-refractivity contribution in [1.82, 2.24) is 24.6 Å². The van der Waals surface area contributed by atoms with Gasteiger partial charge in [-0.3, -0.25) is 9.78 Å². The van der Waals surface area contributed by atoms with Crippen molar-refractivity contribution >= 4 is 17.2 Å². The number of aromatic nitrogens is 3. The van der Waals surface area contributed by atoms with Gasteiger partial charge in [0.1, 0.15) is 5.65 Å². The largest absolute Gasteiger partial charge is 0.370 e. The lowest BCUT2D eigenvalue weighted by Gasteiger charge is -2.25. The summed E-state index contributed by atoms with van der Waals surface area (Å²) in [4.78, 5) is 26.0. The van der Waals surface area contributed by atoms with Crippen molar-refractivity contribution in [2.24, 2.45) is 5.92 Å². The molecule has 1 amide bonds. The maximum absolute atomic E-state index is 13.0. The molecule has 32 heavy (non-hydrogen) atoms. The van der Waals surface area contributed by atoms with Crippen LogP contribution < -0.4 is 10.2 Å². The summed E-state index contributed by atoms with van der Waals surface area (Å²) in [6, 6.07) is 6.14. The van der Waals surface area contributed by atoms with Crippen molar-refractivity contribution < 1.29 is 4.79 Å². The number of carbonyl (C=O) groups excluding carboxylic acids is 1. The van der Waals surface area contributed by atoms with Crippen LogP contribution in [0.25, 0.3) is 5.65 Å². The van der Waals surface area contributed by atoms with Gasteiger partial charge in [0, 0.05) is 45.3 Å². The number of rotatable bonds is 8. The summed E-state index contributed by atoms with van der Waals surface area (Å²) in [5.74, 6) is 0.828. The third kappa shape index (κ3) is 4.63. The standard InChI is InChI=1S/C25H32N6O/c1-29(25(32)21-11-23(15-27-14-21)30-9-2-3-10-30)17-22-18-31-16-20(7-8-24(31)28-22)13-26-12-19-5-4-6-19/h7-8,11,14-16,18-19,26H,2-6,9-10,12-13,17H2,1H3. The zero-order valence-electron chi connectivity index (χ0n) is 18.8. The molecule has 1 saturated carbocycles. The lowest BCUT2D eigenvalue weighted by Crippen LogP contribution is -2.27. The quantitative estimate of drug-likeness (QED) is 0.590. The van der Waals surface area contributed by atoms with Crippen molar-refractivity contribution in [3.63, 3.8) is 0 Å². The number of carbonyl (C=O) groups is 1. The van der Waals surface area contributed by atoms with Gasteiger partial charge in [0.15, 0.2) is 0 Å². The molecule has 1 saturated heterocycles. The van der Waals surface area contributed by atoms with Crippen molar-refractivity contribution in [1.29, 1.82) is 0 Å². The van der Waals surface area contributed by atoms with Crippen molar-refractivity contribution in [2.45, 2.75) is 45.2 Å². The van der Waals surface area contributed by atoms with E-state index < -0.39 is 0 Å². The smallest absolute Gasteiger partial charge is 0.255 e. The molecular formula is C25H32N6O. The Hall–Kier alpha value is -2.93. The van der Waals surface area contributed by atoms with E-state index in [1.165, 1.54) is 37.7 Å². The van der Waals surface area contributed by atoms with E-state index in [2.05, 4.69) is 37.9 Å². The van der Waals surface area contributed by atoms with Gasteiger partial charge in [0.25, 0.3) is 5.91 Å². The van der Waals surface area contributed by atoms with E-state index in [9.17, 15) is 4.79 Å². The molecule has 0 spiro atoms. The van der Waals surface area contributed by atoms with Crippen molar-refractivity contribution in [3.8, 4) is 0 Å². The summed E-state index contributed by atoms with van der Waals surface area (Å²) >= 11 is 0. The Balaban J connectivity index is 1.22. The van der Waals surface area contributed by atoms with E-state index in [0.29, 0.717) is 12.1 Å². The van der Waals surface area contributed by atoms with Gasteiger partial charge in [0.05, 0.1) is 29.7 Å². The fourth-order valence-corrected chi connectivity index (χ4v) is 4.62. The fraction of sp³-hybridized carbons (Fsp3) is 0.480. The van der Waals surface area contributed by atoms with E-state index in [0.717, 1.165) is 49.1 Å². The number of nitrogens with one attached hydrogen (secondary N) is 1. The highest BCUT2D eigenvalue weighted by atomic mass is 16.2. The summed E-state index contributed by atoms with van der Waals surface area (Å²) < 4.78 is 2.06. The SMILES string of the molecule is CN(Cc1cn2cc(CNCC3CCC3)ccc2n1)C(=O)c1cncc(N2CCCC2)c1. The van der Waals surface area contributed by atoms with Crippen LogP contribution in [0.2, 0.25) is 0 Å².